The van der Waals surface area contributed by atoms with Crippen molar-refractivity contribution in [3.8, 4) is 11.5 Å². The lowest BCUT2D eigenvalue weighted by molar-refractivity contribution is -0.114. The van der Waals surface area contributed by atoms with Crippen molar-refractivity contribution in [1.29, 1.82) is 0 Å². The Kier molecular flexibility index (Phi) is 8.82. The van der Waals surface area contributed by atoms with E-state index in [0.29, 0.717) is 0 Å². The summed E-state index contributed by atoms with van der Waals surface area (Å²) < 4.78 is 10.6. The average molecular weight is 399 g/mol. The molecular weight excluding hydrogens is 368 g/mol. The van der Waals surface area contributed by atoms with E-state index in [4.69, 9.17) is 9.47 Å². The number of ether oxygens (including phenoxy) is 2. The number of rotatable bonds is 9. The first-order valence-corrected chi connectivity index (χ1v) is 9.57. The standard InChI is InChI=1S/C22H30N4O3/c1-16(27)26-19-8-5-17(6-9-19)11-13-24-22(23-2)25-14-12-18-7-10-20(28-3)21(15-18)29-4/h5-10,15H,11-14H2,1-4H3,(H,26,27)(H2,23,24,25). The molecule has 0 unspecified atom stereocenters. The van der Waals surface area contributed by atoms with E-state index >= 15 is 0 Å². The van der Waals surface area contributed by atoms with Crippen LogP contribution in [0.3, 0.4) is 0 Å². The fraction of sp³-hybridized carbons (Fsp3) is 0.364. The molecule has 0 bridgehead atoms. The van der Waals surface area contributed by atoms with Crippen molar-refractivity contribution in [1.82, 2.24) is 10.6 Å². The number of carbonyl (C=O) groups is 1. The zero-order valence-electron chi connectivity index (χ0n) is 17.5. The van der Waals surface area contributed by atoms with E-state index in [9.17, 15) is 4.79 Å². The number of methoxy groups -OCH3 is 2. The number of anilines is 1. The third kappa shape index (κ3) is 7.37. The number of hydrogen-bond donors (Lipinski definition) is 3. The van der Waals surface area contributed by atoms with Crippen LogP contribution >= 0.6 is 0 Å². The number of hydrogen-bond acceptors (Lipinski definition) is 4. The van der Waals surface area contributed by atoms with Gasteiger partial charge in [-0.15, -0.1) is 0 Å². The van der Waals surface area contributed by atoms with Gasteiger partial charge in [0, 0.05) is 32.7 Å². The summed E-state index contributed by atoms with van der Waals surface area (Å²) in [7, 11) is 5.03. The summed E-state index contributed by atoms with van der Waals surface area (Å²) >= 11 is 0. The highest BCUT2D eigenvalue weighted by Gasteiger charge is 2.05. The van der Waals surface area contributed by atoms with Crippen LogP contribution in [0.2, 0.25) is 0 Å². The number of aliphatic imine (C=N–C) groups is 1. The minimum absolute atomic E-state index is 0.0672. The highest BCUT2D eigenvalue weighted by molar-refractivity contribution is 5.88. The highest BCUT2D eigenvalue weighted by Crippen LogP contribution is 2.27. The minimum Gasteiger partial charge on any atom is -0.493 e. The summed E-state index contributed by atoms with van der Waals surface area (Å²) in [5, 5.41) is 9.40. The lowest BCUT2D eigenvalue weighted by Gasteiger charge is -2.13. The summed E-state index contributed by atoms with van der Waals surface area (Å²) in [5.41, 5.74) is 3.15. The third-order valence-corrected chi connectivity index (χ3v) is 4.36. The van der Waals surface area contributed by atoms with E-state index in [0.717, 1.165) is 54.6 Å². The van der Waals surface area contributed by atoms with Gasteiger partial charge in [-0.1, -0.05) is 18.2 Å². The fourth-order valence-corrected chi connectivity index (χ4v) is 2.87. The number of nitrogens with one attached hydrogen (secondary N) is 3. The molecule has 156 valence electrons. The zero-order chi connectivity index (χ0) is 21.1. The third-order valence-electron chi connectivity index (χ3n) is 4.36. The number of benzene rings is 2. The van der Waals surface area contributed by atoms with E-state index in [1.807, 2.05) is 42.5 Å². The van der Waals surface area contributed by atoms with E-state index < -0.39 is 0 Å². The number of carbonyl (C=O) groups excluding carboxylic acids is 1. The van der Waals surface area contributed by atoms with Crippen LogP contribution in [0, 0.1) is 0 Å². The van der Waals surface area contributed by atoms with Crippen molar-refractivity contribution in [2.75, 3.05) is 39.7 Å². The largest absolute Gasteiger partial charge is 0.493 e. The van der Waals surface area contributed by atoms with Crippen LogP contribution < -0.4 is 25.4 Å². The molecule has 29 heavy (non-hydrogen) atoms. The second-order valence-electron chi connectivity index (χ2n) is 6.49. The van der Waals surface area contributed by atoms with Crippen molar-refractivity contribution in [3.63, 3.8) is 0 Å². The molecule has 0 heterocycles. The molecule has 0 aliphatic heterocycles. The smallest absolute Gasteiger partial charge is 0.221 e. The topological polar surface area (TPSA) is 84.0 Å². The Bertz CT molecular complexity index is 819. The van der Waals surface area contributed by atoms with Crippen LogP contribution in [0.25, 0.3) is 0 Å². The first-order valence-electron chi connectivity index (χ1n) is 9.57. The van der Waals surface area contributed by atoms with Crippen LogP contribution in [0.1, 0.15) is 18.1 Å². The van der Waals surface area contributed by atoms with Gasteiger partial charge < -0.3 is 25.4 Å². The summed E-state index contributed by atoms with van der Waals surface area (Å²) in [5.74, 6) is 2.16. The van der Waals surface area contributed by atoms with Gasteiger partial charge in [0.05, 0.1) is 14.2 Å². The van der Waals surface area contributed by atoms with Gasteiger partial charge in [0.1, 0.15) is 0 Å². The van der Waals surface area contributed by atoms with Gasteiger partial charge in [-0.3, -0.25) is 9.79 Å². The Morgan fingerprint density at radius 2 is 1.48 bits per heavy atom. The molecule has 0 aliphatic carbocycles. The first kappa shape index (κ1) is 22.1. The van der Waals surface area contributed by atoms with Crippen LogP contribution in [-0.2, 0) is 17.6 Å². The van der Waals surface area contributed by atoms with E-state index in [2.05, 4.69) is 20.9 Å². The quantitative estimate of drug-likeness (QED) is 0.447. The van der Waals surface area contributed by atoms with Gasteiger partial charge >= 0.3 is 0 Å². The van der Waals surface area contributed by atoms with E-state index in [1.54, 1.807) is 21.3 Å². The zero-order valence-corrected chi connectivity index (χ0v) is 17.5. The predicted molar refractivity (Wildman–Crippen MR) is 117 cm³/mol. The normalized spacial score (nSPS) is 11.0. The second-order valence-corrected chi connectivity index (χ2v) is 6.49. The van der Waals surface area contributed by atoms with Gasteiger partial charge in [-0.05, 0) is 48.2 Å². The Balaban J connectivity index is 1.74. The molecule has 1 amide bonds. The monoisotopic (exact) mass is 398 g/mol. The molecule has 0 aliphatic rings. The molecule has 0 fully saturated rings. The number of guanidine groups is 1. The molecule has 2 rings (SSSR count). The highest BCUT2D eigenvalue weighted by atomic mass is 16.5. The summed E-state index contributed by atoms with van der Waals surface area (Å²) in [6.07, 6.45) is 1.70. The lowest BCUT2D eigenvalue weighted by atomic mass is 10.1. The Labute approximate surface area is 172 Å². The van der Waals surface area contributed by atoms with E-state index in [1.165, 1.54) is 12.5 Å². The molecule has 0 aromatic heterocycles. The van der Waals surface area contributed by atoms with Gasteiger partial charge in [0.2, 0.25) is 5.91 Å². The van der Waals surface area contributed by atoms with Gasteiger partial charge in [0.15, 0.2) is 17.5 Å². The van der Waals surface area contributed by atoms with Gasteiger partial charge in [0.25, 0.3) is 0 Å². The molecule has 2 aromatic carbocycles. The number of nitrogens with zero attached hydrogens (tertiary/aromatic N) is 1. The Morgan fingerprint density at radius 1 is 0.897 bits per heavy atom. The molecule has 0 atom stereocenters. The van der Waals surface area contributed by atoms with Crippen molar-refractivity contribution in [3.05, 3.63) is 53.6 Å². The maximum atomic E-state index is 11.1. The minimum atomic E-state index is -0.0672. The van der Waals surface area contributed by atoms with E-state index in [-0.39, 0.29) is 5.91 Å². The van der Waals surface area contributed by atoms with Crippen LogP contribution in [0.5, 0.6) is 11.5 Å². The molecule has 7 nitrogen and oxygen atoms in total. The van der Waals surface area contributed by atoms with Crippen LogP contribution in [-0.4, -0.2) is 46.2 Å². The lowest BCUT2D eigenvalue weighted by Crippen LogP contribution is -2.39. The molecule has 0 spiro atoms. The Morgan fingerprint density at radius 3 is 2.03 bits per heavy atom. The van der Waals surface area contributed by atoms with Crippen LogP contribution in [0.4, 0.5) is 5.69 Å². The summed E-state index contributed by atoms with van der Waals surface area (Å²) in [4.78, 5) is 15.3. The van der Waals surface area contributed by atoms with Crippen molar-refractivity contribution in [2.24, 2.45) is 4.99 Å². The Hall–Kier alpha value is -3.22. The second kappa shape index (κ2) is 11.6. The van der Waals surface area contributed by atoms with Gasteiger partial charge in [-0.2, -0.15) is 0 Å². The van der Waals surface area contributed by atoms with Crippen molar-refractivity contribution < 1.29 is 14.3 Å². The van der Waals surface area contributed by atoms with Gasteiger partial charge in [-0.25, -0.2) is 0 Å². The first-order chi connectivity index (χ1) is 14.0. The maximum Gasteiger partial charge on any atom is 0.221 e. The summed E-state index contributed by atoms with van der Waals surface area (Å²) in [6.45, 7) is 3.01. The van der Waals surface area contributed by atoms with Crippen molar-refractivity contribution in [2.45, 2.75) is 19.8 Å². The molecule has 0 saturated carbocycles. The van der Waals surface area contributed by atoms with Crippen LogP contribution in [0.15, 0.2) is 47.5 Å². The predicted octanol–water partition coefficient (Wildman–Crippen LogP) is 2.61. The molecular formula is C22H30N4O3. The SMILES string of the molecule is CN=C(NCCc1ccc(NC(C)=O)cc1)NCCc1ccc(OC)c(OC)c1. The fourth-order valence-electron chi connectivity index (χ4n) is 2.87. The molecule has 3 N–H and O–H groups in total. The average Bonchev–Trinajstić information content (AvgIpc) is 2.73. The molecule has 0 radical (unpaired) electrons. The number of amides is 1. The molecule has 2 aromatic rings. The maximum absolute atomic E-state index is 11.1. The summed E-state index contributed by atoms with van der Waals surface area (Å²) in [6, 6.07) is 13.8. The molecule has 0 saturated heterocycles. The van der Waals surface area contributed by atoms with Crippen molar-refractivity contribution >= 4 is 17.6 Å². The molecule has 7 heteroatoms.